The normalized spacial score (nSPS) is 19.7. The van der Waals surface area contributed by atoms with Crippen molar-refractivity contribution < 1.29 is 13.7 Å². The second kappa shape index (κ2) is 6.58. The summed E-state index contributed by atoms with van der Waals surface area (Å²) in [6, 6.07) is 8.80. The maximum atomic E-state index is 12.5. The third kappa shape index (κ3) is 3.18. The molecule has 1 saturated carbocycles. The molecule has 1 aromatic carbocycles. The largest absolute Gasteiger partial charge is 0.356 e. The third-order valence-corrected chi connectivity index (χ3v) is 5.93. The van der Waals surface area contributed by atoms with E-state index < -0.39 is 6.67 Å². The van der Waals surface area contributed by atoms with E-state index in [1.54, 1.807) is 18.2 Å². The SMILES string of the molecule is C[C@H](C(=O)Nc1ccc(Cl)cc1)C1CC2(C1)CN(c1cc(CF)on1)C2. The summed E-state index contributed by atoms with van der Waals surface area (Å²) in [6.45, 7) is 3.15. The van der Waals surface area contributed by atoms with Gasteiger partial charge in [-0.25, -0.2) is 4.39 Å². The molecule has 1 aliphatic carbocycles. The number of hydrogen-bond acceptors (Lipinski definition) is 4. The van der Waals surface area contributed by atoms with Crippen molar-refractivity contribution in [2.24, 2.45) is 17.3 Å². The Morgan fingerprint density at radius 3 is 2.73 bits per heavy atom. The standard InChI is InChI=1S/C19H21ClFN3O2/c1-12(18(25)22-15-4-2-14(20)3-5-15)13-7-19(8-13)10-24(11-19)17-6-16(9-21)26-23-17/h2-6,12-13H,7-11H2,1H3,(H,22,25)/t12-/m0/s1. The topological polar surface area (TPSA) is 58.4 Å². The van der Waals surface area contributed by atoms with E-state index in [9.17, 15) is 9.18 Å². The molecule has 1 saturated heterocycles. The van der Waals surface area contributed by atoms with Crippen LogP contribution in [0.5, 0.6) is 0 Å². The zero-order valence-electron chi connectivity index (χ0n) is 14.5. The molecule has 1 atom stereocenters. The van der Waals surface area contributed by atoms with Gasteiger partial charge in [-0.05, 0) is 43.0 Å². The number of hydrogen-bond donors (Lipinski definition) is 1. The van der Waals surface area contributed by atoms with Crippen molar-refractivity contribution in [2.75, 3.05) is 23.3 Å². The lowest BCUT2D eigenvalue weighted by atomic mass is 9.55. The highest BCUT2D eigenvalue weighted by atomic mass is 35.5. The molecule has 1 spiro atoms. The average molecular weight is 378 g/mol. The summed E-state index contributed by atoms with van der Waals surface area (Å²) in [7, 11) is 0. The number of amides is 1. The van der Waals surface area contributed by atoms with Crippen molar-refractivity contribution in [3.63, 3.8) is 0 Å². The predicted octanol–water partition coefficient (Wildman–Crippen LogP) is 4.29. The maximum Gasteiger partial charge on any atom is 0.227 e. The van der Waals surface area contributed by atoms with Gasteiger partial charge in [0.2, 0.25) is 5.91 Å². The first-order chi connectivity index (χ1) is 12.5. The zero-order valence-corrected chi connectivity index (χ0v) is 15.3. The van der Waals surface area contributed by atoms with Crippen LogP contribution in [-0.2, 0) is 11.5 Å². The highest BCUT2D eigenvalue weighted by molar-refractivity contribution is 6.30. The van der Waals surface area contributed by atoms with Crippen LogP contribution in [0.25, 0.3) is 0 Å². The molecule has 0 unspecified atom stereocenters. The van der Waals surface area contributed by atoms with Gasteiger partial charge in [0.15, 0.2) is 18.3 Å². The first kappa shape index (κ1) is 17.3. The van der Waals surface area contributed by atoms with E-state index in [0.717, 1.165) is 31.6 Å². The van der Waals surface area contributed by atoms with Gasteiger partial charge in [0, 0.05) is 41.2 Å². The Balaban J connectivity index is 1.26. The van der Waals surface area contributed by atoms with E-state index in [1.807, 2.05) is 19.1 Å². The van der Waals surface area contributed by atoms with Gasteiger partial charge in [-0.1, -0.05) is 23.7 Å². The molecule has 26 heavy (non-hydrogen) atoms. The number of nitrogens with zero attached hydrogens (tertiary/aromatic N) is 2. The van der Waals surface area contributed by atoms with Crippen LogP contribution in [0.2, 0.25) is 5.02 Å². The molecule has 0 bridgehead atoms. The Morgan fingerprint density at radius 2 is 2.12 bits per heavy atom. The molecule has 2 aliphatic rings. The Labute approximate surface area is 156 Å². The smallest absolute Gasteiger partial charge is 0.227 e. The second-order valence-electron chi connectivity index (χ2n) is 7.59. The van der Waals surface area contributed by atoms with Crippen LogP contribution in [0.4, 0.5) is 15.9 Å². The van der Waals surface area contributed by atoms with E-state index in [4.69, 9.17) is 16.1 Å². The third-order valence-electron chi connectivity index (χ3n) is 5.68. The average Bonchev–Trinajstić information content (AvgIpc) is 3.03. The molecule has 5 nitrogen and oxygen atoms in total. The van der Waals surface area contributed by atoms with E-state index in [2.05, 4.69) is 15.4 Å². The summed E-state index contributed by atoms with van der Waals surface area (Å²) in [6.07, 6.45) is 2.07. The Hall–Kier alpha value is -2.08. The van der Waals surface area contributed by atoms with Gasteiger partial charge in [0.05, 0.1) is 0 Å². The van der Waals surface area contributed by atoms with E-state index in [1.165, 1.54) is 0 Å². The van der Waals surface area contributed by atoms with E-state index in [0.29, 0.717) is 16.8 Å². The number of halogens is 2. The monoisotopic (exact) mass is 377 g/mol. The lowest BCUT2D eigenvalue weighted by molar-refractivity contribution is -0.124. The van der Waals surface area contributed by atoms with Gasteiger partial charge < -0.3 is 14.7 Å². The molecule has 7 heteroatoms. The summed E-state index contributed by atoms with van der Waals surface area (Å²) >= 11 is 5.87. The highest BCUT2D eigenvalue weighted by Crippen LogP contribution is 2.55. The molecule has 0 radical (unpaired) electrons. The van der Waals surface area contributed by atoms with Crippen molar-refractivity contribution in [1.29, 1.82) is 0 Å². The number of carbonyl (C=O) groups is 1. The molecule has 4 rings (SSSR count). The first-order valence-electron chi connectivity index (χ1n) is 8.81. The number of aromatic nitrogens is 1. The van der Waals surface area contributed by atoms with Crippen LogP contribution in [0, 0.1) is 17.3 Å². The molecule has 1 aliphatic heterocycles. The van der Waals surface area contributed by atoms with Gasteiger partial charge in [0.25, 0.3) is 0 Å². The molecule has 1 aromatic heterocycles. The van der Waals surface area contributed by atoms with Crippen molar-refractivity contribution in [1.82, 2.24) is 5.16 Å². The van der Waals surface area contributed by atoms with Crippen molar-refractivity contribution in [3.8, 4) is 0 Å². The van der Waals surface area contributed by atoms with Crippen LogP contribution in [-0.4, -0.2) is 24.2 Å². The molecule has 2 aromatic rings. The number of carbonyl (C=O) groups excluding carboxylic acids is 1. The molecular weight excluding hydrogens is 357 g/mol. The fraction of sp³-hybridized carbons (Fsp3) is 0.474. The Kier molecular flexibility index (Phi) is 4.39. The van der Waals surface area contributed by atoms with Crippen LogP contribution < -0.4 is 10.2 Å². The molecule has 138 valence electrons. The first-order valence-corrected chi connectivity index (χ1v) is 9.19. The summed E-state index contributed by atoms with van der Waals surface area (Å²) < 4.78 is 17.5. The van der Waals surface area contributed by atoms with Crippen LogP contribution >= 0.6 is 11.6 Å². The van der Waals surface area contributed by atoms with Gasteiger partial charge in [-0.15, -0.1) is 0 Å². The van der Waals surface area contributed by atoms with Crippen LogP contribution in [0.15, 0.2) is 34.9 Å². The molecule has 2 heterocycles. The summed E-state index contributed by atoms with van der Waals surface area (Å²) in [5.41, 5.74) is 1.04. The lowest BCUT2D eigenvalue weighted by Crippen LogP contribution is -2.63. The van der Waals surface area contributed by atoms with Gasteiger partial charge >= 0.3 is 0 Å². The minimum atomic E-state index is -0.631. The van der Waals surface area contributed by atoms with E-state index >= 15 is 0 Å². The van der Waals surface area contributed by atoms with Crippen LogP contribution in [0.3, 0.4) is 0 Å². The molecule has 1 N–H and O–H groups in total. The summed E-state index contributed by atoms with van der Waals surface area (Å²) in [5, 5.41) is 7.52. The number of anilines is 2. The van der Waals surface area contributed by atoms with Crippen molar-refractivity contribution in [2.45, 2.75) is 26.4 Å². The number of benzene rings is 1. The van der Waals surface area contributed by atoms with Crippen molar-refractivity contribution in [3.05, 3.63) is 41.1 Å². The van der Waals surface area contributed by atoms with Gasteiger partial charge in [0.1, 0.15) is 0 Å². The molecule has 1 amide bonds. The van der Waals surface area contributed by atoms with Crippen LogP contribution in [0.1, 0.15) is 25.5 Å². The molecule has 2 fully saturated rings. The van der Waals surface area contributed by atoms with Gasteiger partial charge in [-0.2, -0.15) is 0 Å². The summed E-state index contributed by atoms with van der Waals surface area (Å²) in [4.78, 5) is 14.6. The Morgan fingerprint density at radius 1 is 1.42 bits per heavy atom. The number of rotatable bonds is 5. The quantitative estimate of drug-likeness (QED) is 0.844. The number of nitrogens with one attached hydrogen (secondary N) is 1. The zero-order chi connectivity index (χ0) is 18.3. The van der Waals surface area contributed by atoms with Crippen molar-refractivity contribution >= 4 is 29.0 Å². The van der Waals surface area contributed by atoms with Gasteiger partial charge in [-0.3, -0.25) is 4.79 Å². The molecular formula is C19H21ClFN3O2. The summed E-state index contributed by atoms with van der Waals surface area (Å²) in [5.74, 6) is 1.38. The predicted molar refractivity (Wildman–Crippen MR) is 97.9 cm³/mol. The number of alkyl halides is 1. The second-order valence-corrected chi connectivity index (χ2v) is 8.03. The minimum Gasteiger partial charge on any atom is -0.356 e. The fourth-order valence-electron chi connectivity index (χ4n) is 4.11. The Bertz CT molecular complexity index is 793. The van der Waals surface area contributed by atoms with E-state index in [-0.39, 0.29) is 23.0 Å². The fourth-order valence-corrected chi connectivity index (χ4v) is 4.23. The highest BCUT2D eigenvalue weighted by Gasteiger charge is 2.54. The maximum absolute atomic E-state index is 12.5. The lowest BCUT2D eigenvalue weighted by Gasteiger charge is -2.60. The minimum absolute atomic E-state index is 0.0319.